The summed E-state index contributed by atoms with van der Waals surface area (Å²) in [5.74, 6) is 0.343. The molecule has 192 valence electrons. The van der Waals surface area contributed by atoms with Crippen molar-refractivity contribution in [1.29, 1.82) is 0 Å². The highest BCUT2D eigenvalue weighted by Crippen LogP contribution is 2.39. The lowest BCUT2D eigenvalue weighted by molar-refractivity contribution is 0.301. The second-order valence-corrected chi connectivity index (χ2v) is 14.8. The molecule has 0 unspecified atom stereocenters. The lowest BCUT2D eigenvalue weighted by atomic mass is 9.73. The van der Waals surface area contributed by atoms with E-state index in [-0.39, 0.29) is 27.2 Å². The van der Waals surface area contributed by atoms with Gasteiger partial charge < -0.3 is 0 Å². The lowest BCUT2D eigenvalue weighted by Crippen LogP contribution is -2.29. The first-order chi connectivity index (χ1) is 15.1. The Morgan fingerprint density at radius 1 is 0.676 bits per heavy atom. The van der Waals surface area contributed by atoms with Crippen LogP contribution in [-0.4, -0.2) is 25.0 Å². The molecule has 5 nitrogen and oxygen atoms in total. The van der Waals surface area contributed by atoms with Crippen LogP contribution in [0.25, 0.3) is 0 Å². The zero-order valence-corrected chi connectivity index (χ0v) is 24.8. The van der Waals surface area contributed by atoms with Gasteiger partial charge in [0.15, 0.2) is 0 Å². The minimum atomic E-state index is -0.148. The van der Waals surface area contributed by atoms with Crippen LogP contribution in [0.4, 0.5) is 0 Å². The molecule has 0 N–H and O–H groups in total. The molecule has 2 heterocycles. The average molecular weight is 470 g/mol. The van der Waals surface area contributed by atoms with E-state index < -0.39 is 0 Å². The summed E-state index contributed by atoms with van der Waals surface area (Å²) < 4.78 is 0. The molecule has 0 radical (unpaired) electrons. The van der Waals surface area contributed by atoms with E-state index in [1.165, 1.54) is 0 Å². The maximum absolute atomic E-state index is 5.18. The summed E-state index contributed by atoms with van der Waals surface area (Å²) in [6, 6.07) is 0. The summed E-state index contributed by atoms with van der Waals surface area (Å²) in [5.41, 5.74) is 5.10. The van der Waals surface area contributed by atoms with Crippen molar-refractivity contribution in [1.82, 2.24) is 25.0 Å². The second-order valence-electron chi connectivity index (χ2n) is 14.8. The fourth-order valence-corrected chi connectivity index (χ4v) is 4.15. The predicted octanol–water partition coefficient (Wildman–Crippen LogP) is 7.58. The predicted molar refractivity (Wildman–Crippen MR) is 144 cm³/mol. The Bertz CT molecular complexity index is 989. The van der Waals surface area contributed by atoms with E-state index >= 15 is 0 Å². The third-order valence-electron chi connectivity index (χ3n) is 6.69. The van der Waals surface area contributed by atoms with Gasteiger partial charge in [0.1, 0.15) is 0 Å². The quantitative estimate of drug-likeness (QED) is 0.437. The molecule has 0 aliphatic heterocycles. The van der Waals surface area contributed by atoms with Crippen molar-refractivity contribution in [2.75, 3.05) is 0 Å². The van der Waals surface area contributed by atoms with Crippen LogP contribution in [-0.2, 0) is 27.2 Å². The number of hydrogen-bond donors (Lipinski definition) is 0. The first kappa shape index (κ1) is 28.5. The number of nitrogens with zero attached hydrogens (tertiary/aromatic N) is 5. The van der Waals surface area contributed by atoms with Crippen molar-refractivity contribution in [2.24, 2.45) is 0 Å². The Labute approximate surface area is 209 Å². The molecule has 2 aromatic heterocycles. The Hall–Kier alpha value is -1.78. The van der Waals surface area contributed by atoms with Crippen LogP contribution in [0.3, 0.4) is 0 Å². The van der Waals surface area contributed by atoms with E-state index in [1.54, 1.807) is 0 Å². The summed E-state index contributed by atoms with van der Waals surface area (Å²) >= 11 is 0. The van der Waals surface area contributed by atoms with Crippen molar-refractivity contribution < 1.29 is 0 Å². The van der Waals surface area contributed by atoms with Crippen LogP contribution >= 0.6 is 0 Å². The molecular formula is C29H51N5. The monoisotopic (exact) mass is 469 g/mol. The van der Waals surface area contributed by atoms with Gasteiger partial charge in [0, 0.05) is 27.9 Å². The molecule has 0 fully saturated rings. The van der Waals surface area contributed by atoms with E-state index in [0.29, 0.717) is 5.92 Å². The van der Waals surface area contributed by atoms with Gasteiger partial charge in [-0.1, -0.05) is 83.1 Å². The standard InChI is InChI=1S/C29H51N5/c1-19(2)21-22(25(3,4)5)30-18-20(31-21)28(12,13)16-17-29(14,15)24-23(26(6,7)8)32-34(33-24)27(9,10)11/h18-19H,16-17H2,1-15H3. The fourth-order valence-electron chi connectivity index (χ4n) is 4.15. The van der Waals surface area contributed by atoms with Crippen molar-refractivity contribution in [3.8, 4) is 0 Å². The van der Waals surface area contributed by atoms with E-state index in [9.17, 15) is 0 Å². The van der Waals surface area contributed by atoms with Gasteiger partial charge in [-0.3, -0.25) is 9.97 Å². The highest BCUT2D eigenvalue weighted by Gasteiger charge is 2.37. The largest absolute Gasteiger partial charge is 0.257 e. The maximum Gasteiger partial charge on any atom is 0.0921 e. The SMILES string of the molecule is CC(C)c1nc(C(C)(C)CCC(C)(C)c2nn(C(C)(C)C)nc2C(C)(C)C)cnc1C(C)(C)C. The molecule has 0 aromatic carbocycles. The summed E-state index contributed by atoms with van der Waals surface area (Å²) in [5, 5.41) is 10.0. The minimum Gasteiger partial charge on any atom is -0.257 e. The molecule has 5 heteroatoms. The minimum absolute atomic E-state index is 0.0144. The number of hydrogen-bond acceptors (Lipinski definition) is 4. The molecule has 2 aromatic rings. The summed E-state index contributed by atoms with van der Waals surface area (Å²) in [6.45, 7) is 33.4. The molecular weight excluding hydrogens is 418 g/mol. The van der Waals surface area contributed by atoms with Gasteiger partial charge in [-0.2, -0.15) is 15.0 Å². The number of aromatic nitrogens is 5. The summed E-state index contributed by atoms with van der Waals surface area (Å²) in [7, 11) is 0. The van der Waals surface area contributed by atoms with Crippen LogP contribution in [0.5, 0.6) is 0 Å². The first-order valence-electron chi connectivity index (χ1n) is 12.9. The normalized spacial score (nSPS) is 14.2. The van der Waals surface area contributed by atoms with Crippen molar-refractivity contribution in [2.45, 2.75) is 150 Å². The Morgan fingerprint density at radius 2 is 1.15 bits per heavy atom. The molecule has 0 atom stereocenters. The average Bonchev–Trinajstić information content (AvgIpc) is 3.13. The van der Waals surface area contributed by atoms with Crippen molar-refractivity contribution in [3.05, 3.63) is 34.7 Å². The van der Waals surface area contributed by atoms with Gasteiger partial charge >= 0.3 is 0 Å². The Balaban J connectivity index is 2.41. The van der Waals surface area contributed by atoms with Crippen LogP contribution < -0.4 is 0 Å². The smallest absolute Gasteiger partial charge is 0.0921 e. The summed E-state index contributed by atoms with van der Waals surface area (Å²) in [6.07, 6.45) is 3.99. The molecule has 2 rings (SSSR count). The highest BCUT2D eigenvalue weighted by molar-refractivity contribution is 5.28. The highest BCUT2D eigenvalue weighted by atomic mass is 15.5. The van der Waals surface area contributed by atoms with E-state index in [4.69, 9.17) is 20.2 Å². The topological polar surface area (TPSA) is 56.5 Å². The van der Waals surface area contributed by atoms with Gasteiger partial charge in [-0.15, -0.1) is 0 Å². The number of rotatable bonds is 6. The van der Waals surface area contributed by atoms with Gasteiger partial charge in [0.05, 0.1) is 34.0 Å². The van der Waals surface area contributed by atoms with E-state index in [2.05, 4.69) is 104 Å². The van der Waals surface area contributed by atoms with Gasteiger partial charge in [-0.05, 0) is 39.5 Å². The zero-order chi connectivity index (χ0) is 26.5. The van der Waals surface area contributed by atoms with Crippen molar-refractivity contribution in [3.63, 3.8) is 0 Å². The van der Waals surface area contributed by atoms with E-state index in [0.717, 1.165) is 41.3 Å². The van der Waals surface area contributed by atoms with Crippen LogP contribution in [0.1, 0.15) is 151 Å². The van der Waals surface area contributed by atoms with Crippen LogP contribution in [0.15, 0.2) is 6.20 Å². The second kappa shape index (κ2) is 9.02. The summed E-state index contributed by atoms with van der Waals surface area (Å²) in [4.78, 5) is 12.0. The Kier molecular flexibility index (Phi) is 7.55. The first-order valence-corrected chi connectivity index (χ1v) is 12.9. The molecule has 0 bridgehead atoms. The Morgan fingerprint density at radius 3 is 1.59 bits per heavy atom. The molecule has 0 saturated heterocycles. The third-order valence-corrected chi connectivity index (χ3v) is 6.69. The molecule has 0 aliphatic carbocycles. The molecule has 0 amide bonds. The fraction of sp³-hybridized carbons (Fsp3) is 0.793. The van der Waals surface area contributed by atoms with Gasteiger partial charge in [-0.25, -0.2) is 0 Å². The molecule has 0 saturated carbocycles. The zero-order valence-electron chi connectivity index (χ0n) is 24.8. The molecule has 0 aliphatic rings. The third kappa shape index (κ3) is 6.26. The van der Waals surface area contributed by atoms with Crippen molar-refractivity contribution >= 4 is 0 Å². The maximum atomic E-state index is 5.18. The lowest BCUT2D eigenvalue weighted by Gasteiger charge is -2.32. The van der Waals surface area contributed by atoms with E-state index in [1.807, 2.05) is 11.0 Å². The van der Waals surface area contributed by atoms with Gasteiger partial charge in [0.2, 0.25) is 0 Å². The van der Waals surface area contributed by atoms with Crippen LogP contribution in [0.2, 0.25) is 0 Å². The van der Waals surface area contributed by atoms with Gasteiger partial charge in [0.25, 0.3) is 0 Å². The molecule has 0 spiro atoms. The molecule has 34 heavy (non-hydrogen) atoms. The van der Waals surface area contributed by atoms with Crippen LogP contribution in [0, 0.1) is 0 Å².